The lowest BCUT2D eigenvalue weighted by atomic mass is 9.91. The van der Waals surface area contributed by atoms with Crippen LogP contribution in [0, 0.1) is 0 Å². The van der Waals surface area contributed by atoms with Crippen LogP contribution in [-0.2, 0) is 0 Å². The molecule has 4 heteroatoms. The maximum Gasteiger partial charge on any atom is 0.162 e. The molecule has 0 aliphatic carbocycles. The van der Waals surface area contributed by atoms with Crippen molar-refractivity contribution in [2.24, 2.45) is 0 Å². The van der Waals surface area contributed by atoms with Crippen molar-refractivity contribution in [2.75, 3.05) is 0 Å². The molecule has 0 saturated heterocycles. The zero-order valence-electron chi connectivity index (χ0n) is 34.6. The summed E-state index contributed by atoms with van der Waals surface area (Å²) in [5.74, 6) is 1.51. The SMILES string of the molecule is C=Cc1sc2ccc(-c3ccc4c5ccccc5c5cc6c(cc5c4c3)c3cc(-c4ccccc4)ccc3n6-c3cc(-c4ccccc4)nc(-c4ccccc4)n3)cc2c1/C=C\C. The van der Waals surface area contributed by atoms with E-state index in [0.29, 0.717) is 5.82 Å². The first kappa shape index (κ1) is 36.9. The molecule has 3 nitrogen and oxygen atoms in total. The lowest BCUT2D eigenvalue weighted by Gasteiger charge is -2.14. The van der Waals surface area contributed by atoms with E-state index in [9.17, 15) is 0 Å². The Bertz CT molecular complexity index is 3750. The van der Waals surface area contributed by atoms with E-state index in [1.807, 2.05) is 30.3 Å². The highest BCUT2D eigenvalue weighted by Crippen LogP contribution is 2.44. The van der Waals surface area contributed by atoms with Crippen LogP contribution in [0.1, 0.15) is 17.4 Å². The molecule has 3 heterocycles. The fraction of sp³-hybridized carbons (Fsp3) is 0.0169. The molecule has 3 aromatic heterocycles. The summed E-state index contributed by atoms with van der Waals surface area (Å²) in [6.07, 6.45) is 6.30. The van der Waals surface area contributed by atoms with Crippen LogP contribution >= 0.6 is 11.3 Å². The number of nitrogens with zero attached hydrogens (tertiary/aromatic N) is 3. The fourth-order valence-electron chi connectivity index (χ4n) is 9.53. The lowest BCUT2D eigenvalue weighted by Crippen LogP contribution is -2.02. The summed E-state index contributed by atoms with van der Waals surface area (Å²) in [7, 11) is 0. The van der Waals surface area contributed by atoms with Gasteiger partial charge in [-0.05, 0) is 110 Å². The van der Waals surface area contributed by atoms with Gasteiger partial charge in [-0.25, -0.2) is 9.97 Å². The smallest absolute Gasteiger partial charge is 0.162 e. The summed E-state index contributed by atoms with van der Waals surface area (Å²) < 4.78 is 3.62. The van der Waals surface area contributed by atoms with Crippen LogP contribution in [0.25, 0.3) is 127 Å². The third-order valence-corrected chi connectivity index (χ3v) is 13.7. The molecule has 12 rings (SSSR count). The Balaban J connectivity index is 1.17. The van der Waals surface area contributed by atoms with E-state index in [-0.39, 0.29) is 0 Å². The number of aromatic nitrogens is 3. The first-order valence-electron chi connectivity index (χ1n) is 21.4. The molecule has 0 saturated carbocycles. The lowest BCUT2D eigenvalue weighted by molar-refractivity contribution is 1.05. The molecule has 0 atom stereocenters. The normalized spacial score (nSPS) is 11.9. The summed E-state index contributed by atoms with van der Waals surface area (Å²) in [5.41, 5.74) is 11.0. The highest BCUT2D eigenvalue weighted by atomic mass is 32.1. The van der Waals surface area contributed by atoms with E-state index in [2.05, 4.69) is 194 Å². The zero-order valence-corrected chi connectivity index (χ0v) is 35.4. The second-order valence-corrected chi connectivity index (χ2v) is 17.2. The molecule has 0 aliphatic rings. The van der Waals surface area contributed by atoms with Gasteiger partial charge in [0, 0.05) is 42.9 Å². The third-order valence-electron chi connectivity index (χ3n) is 12.5. The van der Waals surface area contributed by atoms with E-state index in [4.69, 9.17) is 9.97 Å². The van der Waals surface area contributed by atoms with Gasteiger partial charge in [-0.2, -0.15) is 0 Å². The van der Waals surface area contributed by atoms with Crippen molar-refractivity contribution >= 4 is 87.7 Å². The molecule has 0 N–H and O–H groups in total. The van der Waals surface area contributed by atoms with Crippen LogP contribution in [0.3, 0.4) is 0 Å². The molecule has 0 fully saturated rings. The molecule has 0 unspecified atom stereocenters. The second kappa shape index (κ2) is 14.9. The Hall–Kier alpha value is -7.92. The zero-order chi connectivity index (χ0) is 42.0. The van der Waals surface area contributed by atoms with Gasteiger partial charge in [-0.15, -0.1) is 11.3 Å². The van der Waals surface area contributed by atoms with Crippen molar-refractivity contribution in [2.45, 2.75) is 6.92 Å². The highest BCUT2D eigenvalue weighted by molar-refractivity contribution is 7.20. The van der Waals surface area contributed by atoms with Crippen LogP contribution in [0.2, 0.25) is 0 Å². The molecule has 296 valence electrons. The molecular weight excluding hydrogens is 783 g/mol. The molecule has 63 heavy (non-hydrogen) atoms. The maximum atomic E-state index is 5.38. The fourth-order valence-corrected chi connectivity index (χ4v) is 10.6. The number of allylic oxidation sites excluding steroid dienone is 1. The molecule has 9 aromatic carbocycles. The molecular formula is C59H39N3S. The van der Waals surface area contributed by atoms with Gasteiger partial charge in [0.05, 0.1) is 16.7 Å². The van der Waals surface area contributed by atoms with Crippen LogP contribution in [-0.4, -0.2) is 14.5 Å². The van der Waals surface area contributed by atoms with E-state index >= 15 is 0 Å². The van der Waals surface area contributed by atoms with Gasteiger partial charge >= 0.3 is 0 Å². The number of hydrogen-bond donors (Lipinski definition) is 0. The third kappa shape index (κ3) is 6.10. The molecule has 0 radical (unpaired) electrons. The van der Waals surface area contributed by atoms with E-state index in [0.717, 1.165) is 33.7 Å². The predicted molar refractivity (Wildman–Crippen MR) is 271 cm³/mol. The van der Waals surface area contributed by atoms with Crippen LogP contribution < -0.4 is 0 Å². The summed E-state index contributed by atoms with van der Waals surface area (Å²) >= 11 is 1.80. The maximum absolute atomic E-state index is 5.38. The highest BCUT2D eigenvalue weighted by Gasteiger charge is 2.20. The van der Waals surface area contributed by atoms with Crippen molar-refractivity contribution in [3.8, 4) is 50.7 Å². The van der Waals surface area contributed by atoms with Gasteiger partial charge in [-0.3, -0.25) is 4.57 Å². The average Bonchev–Trinajstić information content (AvgIpc) is 3.87. The van der Waals surface area contributed by atoms with E-state index in [1.54, 1.807) is 11.3 Å². The minimum atomic E-state index is 0.687. The predicted octanol–water partition coefficient (Wildman–Crippen LogP) is 16.6. The van der Waals surface area contributed by atoms with Gasteiger partial charge in [-0.1, -0.05) is 164 Å². The first-order chi connectivity index (χ1) is 31.1. The Morgan fingerprint density at radius 3 is 1.73 bits per heavy atom. The summed E-state index contributed by atoms with van der Waals surface area (Å²) in [4.78, 5) is 11.7. The Kier molecular flexibility index (Phi) is 8.73. The first-order valence-corrected chi connectivity index (χ1v) is 22.2. The largest absolute Gasteiger partial charge is 0.294 e. The molecule has 0 aliphatic heterocycles. The van der Waals surface area contributed by atoms with Gasteiger partial charge in [0.1, 0.15) is 5.82 Å². The molecule has 12 aromatic rings. The van der Waals surface area contributed by atoms with Crippen molar-refractivity contribution in [1.29, 1.82) is 0 Å². The summed E-state index contributed by atoms with van der Waals surface area (Å²) in [5, 5.41) is 11.0. The monoisotopic (exact) mass is 821 g/mol. The Morgan fingerprint density at radius 2 is 1.00 bits per heavy atom. The average molecular weight is 822 g/mol. The number of rotatable bonds is 7. The van der Waals surface area contributed by atoms with E-state index in [1.165, 1.54) is 85.9 Å². The standard InChI is InChI=1S/C59H39N3S/c1-3-16-46-52-33-42(27-30-57(52)63-56(46)4-2)41-25-28-45-43-23-14-15-24-44(43)49-35-55-51(34-48(49)47(45)31-41)50-32-40(37-17-8-5-9-18-37)26-29-54(50)62(55)58-36-53(38-19-10-6-11-20-38)60-59(61-58)39-21-12-7-13-22-39/h3-36H,2H2,1H3/b16-3-. The van der Waals surface area contributed by atoms with Crippen LogP contribution in [0.15, 0.2) is 201 Å². The Labute approximate surface area is 369 Å². The van der Waals surface area contributed by atoms with Gasteiger partial charge in [0.25, 0.3) is 0 Å². The molecule has 0 amide bonds. The number of hydrogen-bond acceptors (Lipinski definition) is 3. The second-order valence-electron chi connectivity index (χ2n) is 16.1. The van der Waals surface area contributed by atoms with Gasteiger partial charge in [0.15, 0.2) is 5.82 Å². The number of thiophene rings is 1. The summed E-state index contributed by atoms with van der Waals surface area (Å²) in [6.45, 7) is 6.20. The van der Waals surface area contributed by atoms with Crippen molar-refractivity contribution in [3.05, 3.63) is 211 Å². The van der Waals surface area contributed by atoms with Gasteiger partial charge in [0.2, 0.25) is 0 Å². The van der Waals surface area contributed by atoms with Crippen molar-refractivity contribution < 1.29 is 0 Å². The minimum Gasteiger partial charge on any atom is -0.294 e. The molecule has 0 spiro atoms. The van der Waals surface area contributed by atoms with Gasteiger partial charge < -0.3 is 0 Å². The van der Waals surface area contributed by atoms with Crippen LogP contribution in [0.5, 0.6) is 0 Å². The van der Waals surface area contributed by atoms with Crippen LogP contribution in [0.4, 0.5) is 0 Å². The number of fused-ring (bicyclic) bond motifs is 10. The van der Waals surface area contributed by atoms with Crippen molar-refractivity contribution in [3.63, 3.8) is 0 Å². The summed E-state index contributed by atoms with van der Waals surface area (Å²) in [6, 6.07) is 68.0. The van der Waals surface area contributed by atoms with E-state index < -0.39 is 0 Å². The topological polar surface area (TPSA) is 30.7 Å². The number of benzene rings is 9. The minimum absolute atomic E-state index is 0.687. The molecule has 0 bridgehead atoms. The quantitative estimate of drug-likeness (QED) is 0.150. The van der Waals surface area contributed by atoms with Crippen molar-refractivity contribution in [1.82, 2.24) is 14.5 Å². The Morgan fingerprint density at radius 1 is 0.444 bits per heavy atom.